The van der Waals surface area contributed by atoms with Crippen molar-refractivity contribution in [3.8, 4) is 0 Å². The van der Waals surface area contributed by atoms with E-state index in [1.165, 1.54) is 22.8 Å². The Kier molecular flexibility index (Phi) is 6.93. The van der Waals surface area contributed by atoms with Gasteiger partial charge in [-0.2, -0.15) is 0 Å². The van der Waals surface area contributed by atoms with Crippen LogP contribution in [0.2, 0.25) is 5.02 Å². The molecule has 182 valence electrons. The predicted molar refractivity (Wildman–Crippen MR) is 137 cm³/mol. The second-order valence-electron chi connectivity index (χ2n) is 8.65. The molecule has 2 N–H and O–H groups in total. The maximum atomic E-state index is 14.7. The molecule has 2 aromatic carbocycles. The van der Waals surface area contributed by atoms with E-state index in [2.05, 4.69) is 15.3 Å². The highest BCUT2D eigenvalue weighted by Crippen LogP contribution is 2.25. The fourth-order valence-corrected chi connectivity index (χ4v) is 4.39. The fourth-order valence-electron chi connectivity index (χ4n) is 4.18. The first kappa shape index (κ1) is 23.9. The maximum absolute atomic E-state index is 14.7. The zero-order chi connectivity index (χ0) is 25.1. The molecular formula is C28H23ClF2N4O. The number of benzene rings is 2. The smallest absolute Gasteiger partial charge is 0.250 e. The molecule has 5 rings (SSSR count). The lowest BCUT2D eigenvalue weighted by Crippen LogP contribution is -2.18. The van der Waals surface area contributed by atoms with Gasteiger partial charge in [-0.3, -0.25) is 9.78 Å². The van der Waals surface area contributed by atoms with Gasteiger partial charge in [0.15, 0.2) is 0 Å². The van der Waals surface area contributed by atoms with E-state index in [0.29, 0.717) is 41.2 Å². The Morgan fingerprint density at radius 1 is 0.944 bits per heavy atom. The van der Waals surface area contributed by atoms with Crippen molar-refractivity contribution >= 4 is 22.5 Å². The molecule has 0 saturated carbocycles. The molecule has 0 aliphatic heterocycles. The number of hydrogen-bond acceptors (Lipinski definition) is 3. The molecular weight excluding hydrogens is 482 g/mol. The number of halogens is 3. The number of fused-ring (bicyclic) bond motifs is 1. The largest absolute Gasteiger partial charge is 0.360 e. The predicted octanol–water partition coefficient (Wildman–Crippen LogP) is 5.59. The number of aromatic amines is 1. The van der Waals surface area contributed by atoms with Crippen LogP contribution in [0.4, 0.5) is 8.78 Å². The molecule has 5 nitrogen and oxygen atoms in total. The Bertz CT molecular complexity index is 1590. The molecule has 0 aliphatic rings. The average molecular weight is 505 g/mol. The fraction of sp³-hybridized carbons (Fsp3) is 0.143. The van der Waals surface area contributed by atoms with E-state index in [4.69, 9.17) is 11.6 Å². The van der Waals surface area contributed by atoms with Gasteiger partial charge in [-0.1, -0.05) is 29.8 Å². The topological polar surface area (TPSA) is 62.7 Å². The van der Waals surface area contributed by atoms with Gasteiger partial charge in [0.2, 0.25) is 0 Å². The van der Waals surface area contributed by atoms with E-state index in [9.17, 15) is 13.6 Å². The van der Waals surface area contributed by atoms with Crippen molar-refractivity contribution in [1.29, 1.82) is 0 Å². The Labute approximate surface area is 211 Å². The SMILES string of the molecule is O=c1ccccn1Cc1ccc(Cc2cc(CNCc3cc4c(Cl)c[nH]c4cc3F)ccn2)cc1F. The molecule has 0 spiro atoms. The van der Waals surface area contributed by atoms with Crippen molar-refractivity contribution in [3.63, 3.8) is 0 Å². The number of pyridine rings is 2. The van der Waals surface area contributed by atoms with Gasteiger partial charge in [-0.15, -0.1) is 0 Å². The summed E-state index contributed by atoms with van der Waals surface area (Å²) >= 11 is 6.15. The van der Waals surface area contributed by atoms with Gasteiger partial charge in [0.05, 0.1) is 11.6 Å². The lowest BCUT2D eigenvalue weighted by Gasteiger charge is -2.10. The number of hydrogen-bond donors (Lipinski definition) is 2. The Hall–Kier alpha value is -3.81. The van der Waals surface area contributed by atoms with Crippen LogP contribution in [0, 0.1) is 11.6 Å². The van der Waals surface area contributed by atoms with Gasteiger partial charge in [0.1, 0.15) is 11.6 Å². The van der Waals surface area contributed by atoms with E-state index < -0.39 is 0 Å². The second-order valence-corrected chi connectivity index (χ2v) is 9.06. The monoisotopic (exact) mass is 504 g/mol. The summed E-state index contributed by atoms with van der Waals surface area (Å²) in [5, 5.41) is 4.61. The highest BCUT2D eigenvalue weighted by Gasteiger charge is 2.10. The molecule has 3 heterocycles. The molecule has 3 aromatic heterocycles. The van der Waals surface area contributed by atoms with E-state index in [-0.39, 0.29) is 23.7 Å². The van der Waals surface area contributed by atoms with Crippen LogP contribution in [0.1, 0.15) is 27.9 Å². The molecule has 0 unspecified atom stereocenters. The normalized spacial score (nSPS) is 11.3. The third-order valence-corrected chi connectivity index (χ3v) is 6.38. The lowest BCUT2D eigenvalue weighted by atomic mass is 10.0. The number of nitrogens with zero attached hydrogens (tertiary/aromatic N) is 2. The Morgan fingerprint density at radius 2 is 1.81 bits per heavy atom. The highest BCUT2D eigenvalue weighted by atomic mass is 35.5. The van der Waals surface area contributed by atoms with Crippen LogP contribution in [-0.4, -0.2) is 14.5 Å². The van der Waals surface area contributed by atoms with Crippen LogP contribution in [0.15, 0.2) is 84.0 Å². The number of aromatic nitrogens is 3. The minimum atomic E-state index is -0.359. The molecule has 0 atom stereocenters. The first-order chi connectivity index (χ1) is 17.5. The van der Waals surface area contributed by atoms with Crippen molar-refractivity contribution in [1.82, 2.24) is 19.9 Å². The zero-order valence-electron chi connectivity index (χ0n) is 19.3. The first-order valence-electron chi connectivity index (χ1n) is 11.5. The summed E-state index contributed by atoms with van der Waals surface area (Å²) in [6, 6.07) is 16.9. The molecule has 0 amide bonds. The van der Waals surface area contributed by atoms with E-state index in [1.807, 2.05) is 18.2 Å². The maximum Gasteiger partial charge on any atom is 0.250 e. The number of nitrogens with one attached hydrogen (secondary N) is 2. The van der Waals surface area contributed by atoms with Gasteiger partial charge in [-0.05, 0) is 47.5 Å². The van der Waals surface area contributed by atoms with E-state index in [1.54, 1.807) is 42.9 Å². The average Bonchev–Trinajstić information content (AvgIpc) is 3.21. The quantitative estimate of drug-likeness (QED) is 0.290. The Morgan fingerprint density at radius 3 is 2.64 bits per heavy atom. The minimum Gasteiger partial charge on any atom is -0.360 e. The number of rotatable bonds is 8. The molecule has 36 heavy (non-hydrogen) atoms. The van der Waals surface area contributed by atoms with Crippen LogP contribution in [0.25, 0.3) is 10.9 Å². The van der Waals surface area contributed by atoms with Gasteiger partial charge in [0, 0.05) is 71.9 Å². The zero-order valence-corrected chi connectivity index (χ0v) is 20.0. The molecule has 0 radical (unpaired) electrons. The van der Waals surface area contributed by atoms with Crippen LogP contribution in [0.3, 0.4) is 0 Å². The summed E-state index contributed by atoms with van der Waals surface area (Å²) in [5.41, 5.74) is 4.05. The Balaban J connectivity index is 1.22. The van der Waals surface area contributed by atoms with Gasteiger partial charge >= 0.3 is 0 Å². The molecule has 8 heteroatoms. The molecule has 0 saturated heterocycles. The lowest BCUT2D eigenvalue weighted by molar-refractivity contribution is 0.589. The van der Waals surface area contributed by atoms with Crippen molar-refractivity contribution in [2.75, 3.05) is 0 Å². The molecule has 0 aliphatic carbocycles. The molecule has 0 bridgehead atoms. The van der Waals surface area contributed by atoms with Crippen LogP contribution in [-0.2, 0) is 26.1 Å². The second kappa shape index (κ2) is 10.4. The standard InChI is InChI=1S/C28H23ClF2N4O/c29-24-16-34-27-13-26(31)21(12-23(24)27)15-32-14-19-6-7-33-22(10-19)9-18-4-5-20(25(30)11-18)17-35-8-2-1-3-28(35)36/h1-8,10-13,16,32,34H,9,14-15,17H2. The highest BCUT2D eigenvalue weighted by molar-refractivity contribution is 6.35. The summed E-state index contributed by atoms with van der Waals surface area (Å²) in [6.07, 6.45) is 5.46. The summed E-state index contributed by atoms with van der Waals surface area (Å²) in [7, 11) is 0. The first-order valence-corrected chi connectivity index (χ1v) is 11.9. The summed E-state index contributed by atoms with van der Waals surface area (Å²) in [6.45, 7) is 1.04. The van der Waals surface area contributed by atoms with Gasteiger partial charge < -0.3 is 14.9 Å². The van der Waals surface area contributed by atoms with E-state index >= 15 is 0 Å². The number of H-pyrrole nitrogens is 1. The summed E-state index contributed by atoms with van der Waals surface area (Å²) < 4.78 is 30.6. The van der Waals surface area contributed by atoms with Crippen molar-refractivity contribution < 1.29 is 8.78 Å². The van der Waals surface area contributed by atoms with Gasteiger partial charge in [0.25, 0.3) is 5.56 Å². The van der Waals surface area contributed by atoms with Crippen LogP contribution < -0.4 is 10.9 Å². The van der Waals surface area contributed by atoms with Crippen LogP contribution >= 0.6 is 11.6 Å². The summed E-state index contributed by atoms with van der Waals surface area (Å²) in [5.74, 6) is -0.658. The third kappa shape index (κ3) is 5.37. The van der Waals surface area contributed by atoms with Gasteiger partial charge in [-0.25, -0.2) is 8.78 Å². The molecule has 0 fully saturated rings. The van der Waals surface area contributed by atoms with Crippen molar-refractivity contribution in [2.45, 2.75) is 26.1 Å². The minimum absolute atomic E-state index is 0.174. The van der Waals surface area contributed by atoms with E-state index in [0.717, 1.165) is 22.2 Å². The van der Waals surface area contributed by atoms with Crippen molar-refractivity contribution in [3.05, 3.63) is 134 Å². The third-order valence-electron chi connectivity index (χ3n) is 6.07. The van der Waals surface area contributed by atoms with Crippen molar-refractivity contribution in [2.24, 2.45) is 0 Å². The molecule has 5 aromatic rings. The van der Waals surface area contributed by atoms with Crippen LogP contribution in [0.5, 0.6) is 0 Å². The summed E-state index contributed by atoms with van der Waals surface area (Å²) in [4.78, 5) is 19.3.